The van der Waals surface area contributed by atoms with Crippen molar-refractivity contribution in [2.24, 2.45) is 5.73 Å². The fourth-order valence-electron chi connectivity index (χ4n) is 1.37. The molecule has 0 amide bonds. The lowest BCUT2D eigenvalue weighted by molar-refractivity contribution is 0.170. The van der Waals surface area contributed by atoms with Crippen LogP contribution in [0.3, 0.4) is 0 Å². The van der Waals surface area contributed by atoms with Crippen LogP contribution in [-0.2, 0) is 0 Å². The third kappa shape index (κ3) is 3.90. The molecule has 0 aromatic heterocycles. The maximum atomic E-state index is 9.67. The summed E-state index contributed by atoms with van der Waals surface area (Å²) < 4.78 is 5.50. The second-order valence-electron chi connectivity index (χ2n) is 3.83. The maximum Gasteiger partial charge on any atom is 0.119 e. The molecule has 1 aromatic carbocycles. The van der Waals surface area contributed by atoms with Crippen LogP contribution in [-0.4, -0.2) is 17.8 Å². The Morgan fingerprint density at radius 1 is 1.27 bits per heavy atom. The first-order valence-electron chi connectivity index (χ1n) is 5.28. The highest BCUT2D eigenvalue weighted by atomic mass is 16.5. The van der Waals surface area contributed by atoms with Crippen LogP contribution in [0.1, 0.15) is 31.9 Å². The molecule has 3 N–H and O–H groups in total. The van der Waals surface area contributed by atoms with Crippen LogP contribution in [0.4, 0.5) is 0 Å². The van der Waals surface area contributed by atoms with Crippen molar-refractivity contribution in [3.63, 3.8) is 0 Å². The monoisotopic (exact) mass is 209 g/mol. The summed E-state index contributed by atoms with van der Waals surface area (Å²) in [6.45, 7) is 4.46. The largest absolute Gasteiger partial charge is 0.491 e. The molecule has 0 aliphatic heterocycles. The molecule has 84 valence electrons. The van der Waals surface area contributed by atoms with Crippen molar-refractivity contribution in [1.82, 2.24) is 0 Å². The minimum atomic E-state index is -0.469. The molecular weight excluding hydrogens is 190 g/mol. The Morgan fingerprint density at radius 3 is 2.33 bits per heavy atom. The Labute approximate surface area is 90.9 Å². The lowest BCUT2D eigenvalue weighted by Gasteiger charge is -2.12. The molecule has 1 atom stereocenters. The molecule has 0 aliphatic rings. The van der Waals surface area contributed by atoms with Gasteiger partial charge in [0.25, 0.3) is 0 Å². The van der Waals surface area contributed by atoms with E-state index in [0.29, 0.717) is 13.0 Å². The first kappa shape index (κ1) is 12.0. The van der Waals surface area contributed by atoms with E-state index in [4.69, 9.17) is 10.5 Å². The van der Waals surface area contributed by atoms with Gasteiger partial charge in [0, 0.05) is 0 Å². The summed E-state index contributed by atoms with van der Waals surface area (Å²) in [5, 5.41) is 9.67. The molecule has 1 aromatic rings. The van der Waals surface area contributed by atoms with Crippen LogP contribution >= 0.6 is 0 Å². The summed E-state index contributed by atoms with van der Waals surface area (Å²) in [5.41, 5.74) is 6.26. The molecule has 0 unspecified atom stereocenters. The van der Waals surface area contributed by atoms with Crippen molar-refractivity contribution in [2.45, 2.75) is 32.5 Å². The van der Waals surface area contributed by atoms with Gasteiger partial charge >= 0.3 is 0 Å². The quantitative estimate of drug-likeness (QED) is 0.778. The van der Waals surface area contributed by atoms with E-state index >= 15 is 0 Å². The topological polar surface area (TPSA) is 55.5 Å². The van der Waals surface area contributed by atoms with Crippen molar-refractivity contribution >= 4 is 0 Å². The second kappa shape index (κ2) is 5.73. The van der Waals surface area contributed by atoms with E-state index in [0.717, 1.165) is 11.3 Å². The zero-order valence-electron chi connectivity index (χ0n) is 9.31. The average molecular weight is 209 g/mol. The average Bonchev–Trinajstić information content (AvgIpc) is 2.18. The Hall–Kier alpha value is -1.06. The highest BCUT2D eigenvalue weighted by Gasteiger charge is 2.06. The van der Waals surface area contributed by atoms with Gasteiger partial charge in [0.15, 0.2) is 0 Å². The second-order valence-corrected chi connectivity index (χ2v) is 3.83. The van der Waals surface area contributed by atoms with E-state index in [9.17, 15) is 5.11 Å². The minimum Gasteiger partial charge on any atom is -0.491 e. The van der Waals surface area contributed by atoms with E-state index in [1.165, 1.54) is 0 Å². The lowest BCUT2D eigenvalue weighted by Crippen LogP contribution is -2.07. The highest BCUT2D eigenvalue weighted by molar-refractivity contribution is 5.28. The maximum absolute atomic E-state index is 9.67. The summed E-state index contributed by atoms with van der Waals surface area (Å²) in [4.78, 5) is 0. The molecule has 15 heavy (non-hydrogen) atoms. The molecule has 0 saturated heterocycles. The van der Waals surface area contributed by atoms with Crippen LogP contribution < -0.4 is 10.5 Å². The number of hydrogen-bond acceptors (Lipinski definition) is 3. The minimum absolute atomic E-state index is 0.171. The molecule has 0 heterocycles. The van der Waals surface area contributed by atoms with Crippen LogP contribution in [0.15, 0.2) is 24.3 Å². The van der Waals surface area contributed by atoms with Gasteiger partial charge in [-0.15, -0.1) is 0 Å². The first-order valence-corrected chi connectivity index (χ1v) is 5.28. The standard InChI is InChI=1S/C12H19NO2/c1-9(2)15-11-5-3-10(4-6-11)12(14)7-8-13/h3-6,9,12,14H,7-8,13H2,1-2H3/t12-/m1/s1. The van der Waals surface area contributed by atoms with Gasteiger partial charge in [0.2, 0.25) is 0 Å². The van der Waals surface area contributed by atoms with Crippen LogP contribution in [0.2, 0.25) is 0 Å². The Morgan fingerprint density at radius 2 is 1.87 bits per heavy atom. The van der Waals surface area contributed by atoms with Gasteiger partial charge in [0.05, 0.1) is 12.2 Å². The van der Waals surface area contributed by atoms with Gasteiger partial charge in [-0.1, -0.05) is 12.1 Å². The molecule has 3 heteroatoms. The number of hydrogen-bond donors (Lipinski definition) is 2. The van der Waals surface area contributed by atoms with Crippen molar-refractivity contribution in [3.8, 4) is 5.75 Å². The molecule has 0 saturated carbocycles. The summed E-state index contributed by atoms with van der Waals surface area (Å²) in [7, 11) is 0. The van der Waals surface area contributed by atoms with Gasteiger partial charge in [-0.25, -0.2) is 0 Å². The van der Waals surface area contributed by atoms with E-state index < -0.39 is 6.10 Å². The first-order chi connectivity index (χ1) is 7.13. The van der Waals surface area contributed by atoms with Crippen LogP contribution in [0.5, 0.6) is 5.75 Å². The van der Waals surface area contributed by atoms with E-state index in [2.05, 4.69) is 0 Å². The molecule has 0 radical (unpaired) electrons. The van der Waals surface area contributed by atoms with Crippen molar-refractivity contribution < 1.29 is 9.84 Å². The molecule has 3 nitrogen and oxygen atoms in total. The number of nitrogens with two attached hydrogens (primary N) is 1. The summed E-state index contributed by atoms with van der Waals surface area (Å²) in [6.07, 6.45) is 0.289. The molecular formula is C12H19NO2. The van der Waals surface area contributed by atoms with E-state index in [1.54, 1.807) is 0 Å². The molecule has 1 rings (SSSR count). The van der Waals surface area contributed by atoms with Gasteiger partial charge in [0.1, 0.15) is 5.75 Å². The summed E-state index contributed by atoms with van der Waals surface area (Å²) in [6, 6.07) is 7.49. The van der Waals surface area contributed by atoms with Crippen molar-refractivity contribution in [3.05, 3.63) is 29.8 Å². The van der Waals surface area contributed by atoms with Crippen LogP contribution in [0, 0.1) is 0 Å². The van der Waals surface area contributed by atoms with Gasteiger partial charge < -0.3 is 15.6 Å². The third-order valence-corrected chi connectivity index (χ3v) is 2.08. The fourth-order valence-corrected chi connectivity index (χ4v) is 1.37. The number of aliphatic hydroxyl groups is 1. The van der Waals surface area contributed by atoms with Gasteiger partial charge in [-0.2, -0.15) is 0 Å². The van der Waals surface area contributed by atoms with Gasteiger partial charge in [-0.3, -0.25) is 0 Å². The van der Waals surface area contributed by atoms with Crippen molar-refractivity contribution in [1.29, 1.82) is 0 Å². The Balaban J connectivity index is 2.63. The van der Waals surface area contributed by atoms with Gasteiger partial charge in [-0.05, 0) is 44.5 Å². The van der Waals surface area contributed by atoms with Crippen LogP contribution in [0.25, 0.3) is 0 Å². The summed E-state index contributed by atoms with van der Waals surface area (Å²) in [5.74, 6) is 0.827. The number of ether oxygens (including phenoxy) is 1. The SMILES string of the molecule is CC(C)Oc1ccc([C@H](O)CCN)cc1. The fraction of sp³-hybridized carbons (Fsp3) is 0.500. The number of rotatable bonds is 5. The molecule has 0 aliphatic carbocycles. The van der Waals surface area contributed by atoms with Crippen molar-refractivity contribution in [2.75, 3.05) is 6.54 Å². The Kier molecular flexibility index (Phi) is 4.59. The number of aliphatic hydroxyl groups excluding tert-OH is 1. The molecule has 0 fully saturated rings. The highest BCUT2D eigenvalue weighted by Crippen LogP contribution is 2.20. The lowest BCUT2D eigenvalue weighted by atomic mass is 10.1. The normalized spacial score (nSPS) is 12.9. The zero-order valence-corrected chi connectivity index (χ0v) is 9.31. The molecule has 0 bridgehead atoms. The smallest absolute Gasteiger partial charge is 0.119 e. The third-order valence-electron chi connectivity index (χ3n) is 2.08. The predicted octanol–water partition coefficient (Wildman–Crippen LogP) is 1.86. The summed E-state index contributed by atoms with van der Waals surface area (Å²) >= 11 is 0. The van der Waals surface area contributed by atoms with E-state index in [1.807, 2.05) is 38.1 Å². The Bertz CT molecular complexity index is 282. The van der Waals surface area contributed by atoms with E-state index in [-0.39, 0.29) is 6.10 Å². The molecule has 0 spiro atoms. The zero-order chi connectivity index (χ0) is 11.3. The number of benzene rings is 1. The predicted molar refractivity (Wildman–Crippen MR) is 60.8 cm³/mol.